The van der Waals surface area contributed by atoms with E-state index in [2.05, 4.69) is 0 Å². The number of hydrogen-bond acceptors (Lipinski definition) is 6. The number of rotatable bonds is 4. The Hall–Kier alpha value is -3.37. The number of likely N-dealkylation sites (tertiary alicyclic amines) is 2. The Bertz CT molecular complexity index is 792. The molecule has 0 aliphatic carbocycles. The van der Waals surface area contributed by atoms with Gasteiger partial charge in [0.25, 0.3) is 5.69 Å². The monoisotopic (exact) mass is 404 g/mol. The molecule has 2 aliphatic rings. The van der Waals surface area contributed by atoms with Crippen molar-refractivity contribution in [1.29, 1.82) is 5.41 Å². The highest BCUT2D eigenvalue weighted by molar-refractivity contribution is 5.92. The van der Waals surface area contributed by atoms with Crippen LogP contribution in [-0.2, 0) is 11.3 Å². The van der Waals surface area contributed by atoms with Crippen LogP contribution in [0.4, 0.5) is 15.3 Å². The van der Waals surface area contributed by atoms with Gasteiger partial charge in [-0.1, -0.05) is 0 Å². The molecule has 3 rings (SSSR count). The predicted octanol–water partition coefficient (Wildman–Crippen LogP) is 1.72. The van der Waals surface area contributed by atoms with Gasteiger partial charge in [0, 0.05) is 38.3 Å². The number of carbonyl (C=O) groups excluding carboxylic acids is 2. The molecule has 3 N–H and O–H groups in total. The summed E-state index contributed by atoms with van der Waals surface area (Å²) >= 11 is 0. The van der Waals surface area contributed by atoms with Gasteiger partial charge in [-0.05, 0) is 37.0 Å². The van der Waals surface area contributed by atoms with Crippen LogP contribution in [0.25, 0.3) is 0 Å². The topological polar surface area (TPSA) is 146 Å². The van der Waals surface area contributed by atoms with Crippen molar-refractivity contribution in [3.05, 3.63) is 39.9 Å². The van der Waals surface area contributed by atoms with Crippen molar-refractivity contribution in [1.82, 2.24) is 14.7 Å². The number of nitrogens with zero attached hydrogens (tertiary/aromatic N) is 4. The average Bonchev–Trinajstić information content (AvgIpc) is 3.38. The van der Waals surface area contributed by atoms with E-state index in [1.54, 1.807) is 9.80 Å². The lowest BCUT2D eigenvalue weighted by atomic mass is 10.2. The Morgan fingerprint density at radius 3 is 2.45 bits per heavy atom. The maximum Gasteiger partial charge on any atom is 0.417 e. The van der Waals surface area contributed by atoms with Crippen LogP contribution in [0, 0.1) is 15.5 Å². The van der Waals surface area contributed by atoms with E-state index in [9.17, 15) is 19.7 Å². The van der Waals surface area contributed by atoms with Crippen LogP contribution >= 0.6 is 0 Å². The molecule has 3 amide bonds. The summed E-state index contributed by atoms with van der Waals surface area (Å²) in [5.41, 5.74) is 6.12. The zero-order chi connectivity index (χ0) is 21.0. The fourth-order valence-electron chi connectivity index (χ4n) is 3.61. The molecule has 0 radical (unpaired) electrons. The van der Waals surface area contributed by atoms with Gasteiger partial charge in [-0.3, -0.25) is 15.5 Å². The summed E-state index contributed by atoms with van der Waals surface area (Å²) in [6.45, 7) is 2.16. The van der Waals surface area contributed by atoms with E-state index in [-0.39, 0.29) is 18.3 Å². The van der Waals surface area contributed by atoms with E-state index >= 15 is 0 Å². The van der Waals surface area contributed by atoms with Crippen molar-refractivity contribution < 1.29 is 19.2 Å². The quantitative estimate of drug-likeness (QED) is 0.338. The van der Waals surface area contributed by atoms with Crippen molar-refractivity contribution in [3.63, 3.8) is 0 Å². The molecule has 2 aliphatic heterocycles. The molecule has 29 heavy (non-hydrogen) atoms. The molecule has 11 heteroatoms. The molecule has 0 aromatic heterocycles. The first-order chi connectivity index (χ1) is 13.9. The van der Waals surface area contributed by atoms with Gasteiger partial charge in [0.15, 0.2) is 5.96 Å². The van der Waals surface area contributed by atoms with Crippen molar-refractivity contribution in [2.24, 2.45) is 5.73 Å². The molecule has 0 spiro atoms. The van der Waals surface area contributed by atoms with Crippen molar-refractivity contribution in [2.45, 2.75) is 31.9 Å². The van der Waals surface area contributed by atoms with Crippen LogP contribution in [0.1, 0.15) is 24.8 Å². The van der Waals surface area contributed by atoms with Gasteiger partial charge in [-0.15, -0.1) is 0 Å². The van der Waals surface area contributed by atoms with Crippen LogP contribution in [0.5, 0.6) is 0 Å². The van der Waals surface area contributed by atoms with E-state index in [4.69, 9.17) is 15.9 Å². The van der Waals surface area contributed by atoms with Crippen molar-refractivity contribution >= 4 is 23.8 Å². The van der Waals surface area contributed by atoms with Gasteiger partial charge in [0.2, 0.25) is 0 Å². The highest BCUT2D eigenvalue weighted by atomic mass is 16.6. The molecule has 2 saturated heterocycles. The van der Waals surface area contributed by atoms with E-state index in [1.165, 1.54) is 24.3 Å². The zero-order valence-corrected chi connectivity index (χ0v) is 16.0. The lowest BCUT2D eigenvalue weighted by Gasteiger charge is -2.28. The number of carbonyl (C=O) groups is 2. The number of nitrogens with one attached hydrogen (secondary N) is 1. The van der Waals surface area contributed by atoms with Gasteiger partial charge >= 0.3 is 12.1 Å². The maximum atomic E-state index is 12.5. The van der Waals surface area contributed by atoms with Gasteiger partial charge in [-0.25, -0.2) is 14.5 Å². The number of urea groups is 1. The number of non-ortho nitro benzene ring substituents is 1. The van der Waals surface area contributed by atoms with Gasteiger partial charge < -0.3 is 20.3 Å². The lowest BCUT2D eigenvalue weighted by Crippen LogP contribution is -2.50. The normalized spacial score (nSPS) is 18.6. The summed E-state index contributed by atoms with van der Waals surface area (Å²) in [4.78, 5) is 39.8. The summed E-state index contributed by atoms with van der Waals surface area (Å²) in [6, 6.07) is 5.16. The number of guanidine groups is 1. The van der Waals surface area contributed by atoms with Crippen LogP contribution in [0.2, 0.25) is 0 Å². The summed E-state index contributed by atoms with van der Waals surface area (Å²) in [5.74, 6) is -0.445. The predicted molar refractivity (Wildman–Crippen MR) is 103 cm³/mol. The van der Waals surface area contributed by atoms with Crippen molar-refractivity contribution in [3.8, 4) is 0 Å². The molecular weight excluding hydrogens is 380 g/mol. The Morgan fingerprint density at radius 2 is 1.86 bits per heavy atom. The third-order valence-corrected chi connectivity index (χ3v) is 5.14. The summed E-state index contributed by atoms with van der Waals surface area (Å²) in [6.07, 6.45) is 1.72. The molecule has 0 bridgehead atoms. The second-order valence-electron chi connectivity index (χ2n) is 7.10. The third-order valence-electron chi connectivity index (χ3n) is 5.14. The lowest BCUT2D eigenvalue weighted by molar-refractivity contribution is -0.384. The molecule has 2 fully saturated rings. The first kappa shape index (κ1) is 20.4. The number of nitrogens with two attached hydrogens (primary N) is 1. The molecule has 1 aromatic rings. The number of nitro groups is 1. The summed E-state index contributed by atoms with van der Waals surface area (Å²) < 4.78 is 5.24. The minimum atomic E-state index is -0.781. The number of amides is 3. The zero-order valence-electron chi connectivity index (χ0n) is 16.0. The van der Waals surface area contributed by atoms with E-state index in [0.29, 0.717) is 25.1 Å². The highest BCUT2D eigenvalue weighted by Gasteiger charge is 2.37. The van der Waals surface area contributed by atoms with E-state index in [1.807, 2.05) is 0 Å². The van der Waals surface area contributed by atoms with Crippen LogP contribution < -0.4 is 5.73 Å². The number of hydrogen-bond donors (Lipinski definition) is 2. The van der Waals surface area contributed by atoms with Gasteiger partial charge in [-0.2, -0.15) is 0 Å². The molecule has 1 atom stereocenters. The molecule has 1 aromatic carbocycles. The van der Waals surface area contributed by atoms with Crippen molar-refractivity contribution in [2.75, 3.05) is 26.2 Å². The first-order valence-electron chi connectivity index (χ1n) is 9.44. The molecular formula is C18H24N6O5. The Kier molecular flexibility index (Phi) is 6.15. The Morgan fingerprint density at radius 1 is 1.21 bits per heavy atom. The van der Waals surface area contributed by atoms with Gasteiger partial charge in [0.1, 0.15) is 6.61 Å². The average molecular weight is 404 g/mol. The maximum absolute atomic E-state index is 12.5. The molecule has 0 saturated carbocycles. The van der Waals surface area contributed by atoms with E-state index in [0.717, 1.165) is 30.8 Å². The standard InChI is InChI=1S/C18H24N6O5/c19-16(20)23(15-7-10-22(11-15)17(25)21-8-1-2-9-21)18(26)29-12-13-3-5-14(6-4-13)24(27)28/h3-6,15H,1-2,7-12H2,(H3,19,20)/t15-/m0/s1. The van der Waals surface area contributed by atoms with Crippen LogP contribution in [-0.4, -0.2) is 69.9 Å². The molecule has 11 nitrogen and oxygen atoms in total. The van der Waals surface area contributed by atoms with E-state index < -0.39 is 23.0 Å². The molecule has 0 unspecified atom stereocenters. The molecule has 156 valence electrons. The van der Waals surface area contributed by atoms with Crippen LogP contribution in [0.15, 0.2) is 24.3 Å². The third kappa shape index (κ3) is 4.73. The van der Waals surface area contributed by atoms with Crippen LogP contribution in [0.3, 0.4) is 0 Å². The smallest absolute Gasteiger partial charge is 0.417 e. The largest absolute Gasteiger partial charge is 0.444 e. The minimum Gasteiger partial charge on any atom is -0.444 e. The number of nitro benzene ring substituents is 1. The fourth-order valence-corrected chi connectivity index (χ4v) is 3.61. The fraction of sp³-hybridized carbons (Fsp3) is 0.500. The Labute approximate surface area is 167 Å². The first-order valence-corrected chi connectivity index (χ1v) is 9.44. The summed E-state index contributed by atoms with van der Waals surface area (Å²) in [5, 5.41) is 18.5. The Balaban J connectivity index is 1.57. The molecule has 2 heterocycles. The second-order valence-corrected chi connectivity index (χ2v) is 7.10. The highest BCUT2D eigenvalue weighted by Crippen LogP contribution is 2.20. The minimum absolute atomic E-state index is 0.0484. The number of benzene rings is 1. The van der Waals surface area contributed by atoms with Gasteiger partial charge in [0.05, 0.1) is 11.0 Å². The summed E-state index contributed by atoms with van der Waals surface area (Å²) in [7, 11) is 0. The SMILES string of the molecule is N=C(N)N(C(=O)OCc1ccc([N+](=O)[O-])cc1)[C@H]1CCN(C(=O)N2CCCC2)C1. The number of ether oxygens (including phenoxy) is 1. The second kappa shape index (κ2) is 8.76.